The second-order valence-electron chi connectivity index (χ2n) is 10.5. The van der Waals surface area contributed by atoms with Crippen LogP contribution in [0, 0.1) is 6.92 Å². The lowest BCUT2D eigenvalue weighted by atomic mass is 9.91. The van der Waals surface area contributed by atoms with Gasteiger partial charge in [-0.25, -0.2) is 4.79 Å². The quantitative estimate of drug-likeness (QED) is 0.703. The van der Waals surface area contributed by atoms with Gasteiger partial charge in [-0.2, -0.15) is 0 Å². The highest BCUT2D eigenvalue weighted by molar-refractivity contribution is 6.31. The van der Waals surface area contributed by atoms with Gasteiger partial charge < -0.3 is 13.9 Å². The Morgan fingerprint density at radius 1 is 1.14 bits per heavy atom. The van der Waals surface area contributed by atoms with E-state index in [0.29, 0.717) is 0 Å². The number of carbonyl (C=O) groups excluding carboxylic acids is 1. The standard InChI is InChI=1S/C22H37NO4Si/c1-14-16(23-19(24)26-20(2,3)4)12-10-15-11-13-17(25-18(14)15)22(8,9)27-28-21(5,6)7/h10,12,17H,11,13,28H2,1-9H3,(H,23,24)/t17-/m0/s1. The van der Waals surface area contributed by atoms with Gasteiger partial charge in [0.15, 0.2) is 9.76 Å². The molecule has 2 rings (SSSR count). The summed E-state index contributed by atoms with van der Waals surface area (Å²) in [5, 5.41) is 3.09. The summed E-state index contributed by atoms with van der Waals surface area (Å²) in [6.07, 6.45) is 1.40. The summed E-state index contributed by atoms with van der Waals surface area (Å²) in [4.78, 5) is 12.2. The Labute approximate surface area is 172 Å². The van der Waals surface area contributed by atoms with E-state index < -0.39 is 21.5 Å². The molecule has 6 heteroatoms. The van der Waals surface area contributed by atoms with E-state index in [-0.39, 0.29) is 16.7 Å². The first kappa shape index (κ1) is 22.8. The monoisotopic (exact) mass is 407 g/mol. The van der Waals surface area contributed by atoms with Crippen molar-refractivity contribution in [3.8, 4) is 5.75 Å². The van der Waals surface area contributed by atoms with E-state index in [4.69, 9.17) is 13.9 Å². The van der Waals surface area contributed by atoms with Crippen LogP contribution in [0.2, 0.25) is 5.04 Å². The summed E-state index contributed by atoms with van der Waals surface area (Å²) in [5.74, 6) is 0.860. The Morgan fingerprint density at radius 2 is 1.79 bits per heavy atom. The number of hydrogen-bond donors (Lipinski definition) is 1. The van der Waals surface area contributed by atoms with Crippen LogP contribution in [0.15, 0.2) is 12.1 Å². The fraction of sp³-hybridized carbons (Fsp3) is 0.682. The Morgan fingerprint density at radius 3 is 2.36 bits per heavy atom. The van der Waals surface area contributed by atoms with E-state index >= 15 is 0 Å². The number of aryl methyl sites for hydroxylation is 1. The van der Waals surface area contributed by atoms with E-state index in [9.17, 15) is 4.79 Å². The number of fused-ring (bicyclic) bond motifs is 1. The number of benzene rings is 1. The van der Waals surface area contributed by atoms with Crippen LogP contribution in [0.4, 0.5) is 10.5 Å². The number of ether oxygens (including phenoxy) is 2. The molecule has 1 N–H and O–H groups in total. The van der Waals surface area contributed by atoms with Crippen LogP contribution >= 0.6 is 0 Å². The second-order valence-corrected chi connectivity index (χ2v) is 13.1. The van der Waals surface area contributed by atoms with Crippen molar-refractivity contribution in [1.82, 2.24) is 0 Å². The fourth-order valence-electron chi connectivity index (χ4n) is 3.13. The number of amides is 1. The number of hydrogen-bond acceptors (Lipinski definition) is 4. The molecule has 1 amide bonds. The molecule has 0 saturated heterocycles. The van der Waals surface area contributed by atoms with Crippen molar-refractivity contribution in [3.63, 3.8) is 0 Å². The maximum atomic E-state index is 12.2. The summed E-state index contributed by atoms with van der Waals surface area (Å²) >= 11 is 0. The highest BCUT2D eigenvalue weighted by atomic mass is 28.2. The zero-order valence-electron chi connectivity index (χ0n) is 19.0. The lowest BCUT2D eigenvalue weighted by Gasteiger charge is -2.40. The molecule has 0 fully saturated rings. The molecule has 1 aromatic carbocycles. The van der Waals surface area contributed by atoms with Crippen LogP contribution in [-0.4, -0.2) is 33.2 Å². The molecular weight excluding hydrogens is 370 g/mol. The van der Waals surface area contributed by atoms with E-state index in [1.807, 2.05) is 39.8 Å². The lowest BCUT2D eigenvalue weighted by Crippen LogP contribution is -2.46. The first-order valence-corrected chi connectivity index (χ1v) is 11.4. The summed E-state index contributed by atoms with van der Waals surface area (Å²) in [6, 6.07) is 3.96. The van der Waals surface area contributed by atoms with Crippen molar-refractivity contribution in [3.05, 3.63) is 23.3 Å². The van der Waals surface area contributed by atoms with E-state index in [2.05, 4.69) is 39.9 Å². The van der Waals surface area contributed by atoms with Gasteiger partial charge >= 0.3 is 6.09 Å². The third-order valence-corrected chi connectivity index (χ3v) is 6.47. The van der Waals surface area contributed by atoms with Crippen LogP contribution in [0.25, 0.3) is 0 Å². The third kappa shape index (κ3) is 6.24. The normalized spacial score (nSPS) is 18.0. The van der Waals surface area contributed by atoms with Gasteiger partial charge in [0.2, 0.25) is 0 Å². The van der Waals surface area contributed by atoms with Crippen LogP contribution in [0.5, 0.6) is 5.75 Å². The number of nitrogens with one attached hydrogen (secondary N) is 1. The summed E-state index contributed by atoms with van der Waals surface area (Å²) in [6.45, 7) is 18.5. The second kappa shape index (κ2) is 8.07. The average molecular weight is 408 g/mol. The smallest absolute Gasteiger partial charge is 0.412 e. The molecule has 0 bridgehead atoms. The van der Waals surface area contributed by atoms with E-state index in [0.717, 1.165) is 29.8 Å². The fourth-order valence-corrected chi connectivity index (χ4v) is 4.12. The van der Waals surface area contributed by atoms with Crippen LogP contribution in [0.1, 0.15) is 72.9 Å². The molecule has 1 aromatic rings. The van der Waals surface area contributed by atoms with Gasteiger partial charge in [-0.15, -0.1) is 0 Å². The average Bonchev–Trinajstić information content (AvgIpc) is 2.53. The maximum absolute atomic E-state index is 12.2. The molecule has 1 atom stereocenters. The molecule has 0 aromatic heterocycles. The van der Waals surface area contributed by atoms with Crippen molar-refractivity contribution in [1.29, 1.82) is 0 Å². The molecule has 0 saturated carbocycles. The Bertz CT molecular complexity index is 716. The van der Waals surface area contributed by atoms with E-state index in [1.54, 1.807) is 0 Å². The van der Waals surface area contributed by atoms with Gasteiger partial charge in [-0.05, 0) is 71.1 Å². The van der Waals surface area contributed by atoms with Crippen molar-refractivity contribution in [2.45, 2.75) is 97.5 Å². The molecule has 0 radical (unpaired) electrons. The Hall–Kier alpha value is -1.53. The third-order valence-electron chi connectivity index (χ3n) is 4.71. The first-order valence-electron chi connectivity index (χ1n) is 10.1. The predicted octanol–water partition coefficient (Wildman–Crippen LogP) is 5.13. The minimum atomic E-state index is -0.678. The molecule has 0 aliphatic carbocycles. The van der Waals surface area contributed by atoms with Crippen molar-refractivity contribution < 1.29 is 18.7 Å². The van der Waals surface area contributed by atoms with E-state index in [1.165, 1.54) is 5.56 Å². The molecule has 0 unspecified atom stereocenters. The largest absolute Gasteiger partial charge is 0.487 e. The zero-order chi connectivity index (χ0) is 21.3. The molecular formula is C22H37NO4Si. The SMILES string of the molecule is Cc1c(NC(=O)OC(C)(C)C)ccc2c1O[C@H](C(C)(C)O[SiH2]C(C)(C)C)CC2. The minimum Gasteiger partial charge on any atom is -0.487 e. The van der Waals surface area contributed by atoms with Crippen LogP contribution in [-0.2, 0) is 15.6 Å². The molecule has 0 spiro atoms. The van der Waals surface area contributed by atoms with Crippen molar-refractivity contribution >= 4 is 21.5 Å². The molecule has 1 aliphatic rings. The van der Waals surface area contributed by atoms with Crippen LogP contribution < -0.4 is 10.1 Å². The molecule has 1 aliphatic heterocycles. The summed E-state index contributed by atoms with van der Waals surface area (Å²) < 4.78 is 18.2. The Balaban J connectivity index is 2.16. The van der Waals surface area contributed by atoms with Crippen LogP contribution in [0.3, 0.4) is 0 Å². The maximum Gasteiger partial charge on any atom is 0.412 e. The first-order chi connectivity index (χ1) is 12.7. The molecule has 28 heavy (non-hydrogen) atoms. The number of carbonyl (C=O) groups is 1. The van der Waals surface area contributed by atoms with Gasteiger partial charge in [0.25, 0.3) is 0 Å². The number of rotatable bonds is 4. The zero-order valence-corrected chi connectivity index (χ0v) is 20.4. The van der Waals surface area contributed by atoms with Crippen molar-refractivity contribution in [2.75, 3.05) is 5.32 Å². The van der Waals surface area contributed by atoms with Gasteiger partial charge in [-0.1, -0.05) is 26.8 Å². The van der Waals surface area contributed by atoms with Gasteiger partial charge in [0.05, 0.1) is 11.3 Å². The Kier molecular flexibility index (Phi) is 6.56. The van der Waals surface area contributed by atoms with Gasteiger partial charge in [0, 0.05) is 5.56 Å². The summed E-state index contributed by atoms with van der Waals surface area (Å²) in [5.41, 5.74) is 1.95. The minimum absolute atomic E-state index is 0.00896. The highest BCUT2D eigenvalue weighted by Gasteiger charge is 2.36. The van der Waals surface area contributed by atoms with Gasteiger partial charge in [-0.3, -0.25) is 5.32 Å². The van der Waals surface area contributed by atoms with Crippen molar-refractivity contribution in [2.24, 2.45) is 0 Å². The topological polar surface area (TPSA) is 56.8 Å². The number of anilines is 1. The highest BCUT2D eigenvalue weighted by Crippen LogP contribution is 2.39. The molecule has 1 heterocycles. The lowest BCUT2D eigenvalue weighted by molar-refractivity contribution is -0.0242. The predicted molar refractivity (Wildman–Crippen MR) is 117 cm³/mol. The van der Waals surface area contributed by atoms with Gasteiger partial charge in [0.1, 0.15) is 17.5 Å². The summed E-state index contributed by atoms with van der Waals surface area (Å²) in [7, 11) is -0.678. The molecule has 158 valence electrons. The molecule has 5 nitrogen and oxygen atoms in total.